The molecule has 10 heteroatoms. The molecule has 172 valence electrons. The third-order valence-corrected chi connectivity index (χ3v) is 4.95. The summed E-state index contributed by atoms with van der Waals surface area (Å²) in [5.41, 5.74) is 6.86. The molecule has 0 saturated carbocycles. The Kier molecular flexibility index (Phi) is 12.3. The van der Waals surface area contributed by atoms with E-state index in [0.717, 1.165) is 5.56 Å². The van der Waals surface area contributed by atoms with E-state index in [1.807, 2.05) is 30.3 Å². The van der Waals surface area contributed by atoms with E-state index in [1.54, 1.807) is 6.92 Å². The number of carboxylic acids is 1. The summed E-state index contributed by atoms with van der Waals surface area (Å²) in [7, 11) is 0. The number of aliphatic carboxylic acids is 1. The molecule has 1 aromatic rings. The molecule has 0 unspecified atom stereocenters. The maximum Gasteiger partial charge on any atom is 0.327 e. The summed E-state index contributed by atoms with van der Waals surface area (Å²) in [6.07, 6.45) is 2.51. The highest BCUT2D eigenvalue weighted by atomic mass is 32.1. The highest BCUT2D eigenvalue weighted by Gasteiger charge is 2.20. The molecular formula is C21H32N4O5S. The summed E-state index contributed by atoms with van der Waals surface area (Å²) in [5, 5.41) is 16.6. The second kappa shape index (κ2) is 14.4. The molecule has 0 spiro atoms. The third kappa shape index (κ3) is 10.8. The molecule has 0 saturated heterocycles. The molecule has 6 N–H and O–H groups in total. The van der Waals surface area contributed by atoms with Crippen LogP contribution in [0.25, 0.3) is 0 Å². The second-order valence-electron chi connectivity index (χ2n) is 7.27. The van der Waals surface area contributed by atoms with Gasteiger partial charge in [0.05, 0.1) is 6.04 Å². The largest absolute Gasteiger partial charge is 0.480 e. The van der Waals surface area contributed by atoms with Crippen molar-refractivity contribution in [2.75, 3.05) is 12.3 Å². The van der Waals surface area contributed by atoms with Gasteiger partial charge >= 0.3 is 5.97 Å². The number of carbonyl (C=O) groups is 4. The van der Waals surface area contributed by atoms with Crippen LogP contribution < -0.4 is 21.7 Å². The van der Waals surface area contributed by atoms with E-state index >= 15 is 0 Å². The molecule has 31 heavy (non-hydrogen) atoms. The van der Waals surface area contributed by atoms with Crippen molar-refractivity contribution in [2.45, 2.75) is 57.2 Å². The first-order chi connectivity index (χ1) is 14.7. The van der Waals surface area contributed by atoms with Gasteiger partial charge in [0.1, 0.15) is 12.1 Å². The van der Waals surface area contributed by atoms with Crippen molar-refractivity contribution in [3.8, 4) is 0 Å². The standard InChI is InChI=1S/C21H32N4O5S/c1-14(24-20(28)16(22)12-15-8-4-2-5-9-15)19(27)23-11-7-3-6-10-18(26)25-17(13-31)21(29)30/h2,4-5,8-9,14,16-17,31H,3,6-7,10-13,22H2,1H3,(H,23,27)(H,24,28)(H,25,26)(H,29,30)/t14-,16-,17-/m0/s1. The maximum absolute atomic E-state index is 12.2. The van der Waals surface area contributed by atoms with E-state index in [0.29, 0.717) is 32.2 Å². The number of carbonyl (C=O) groups excluding carboxylic acids is 3. The summed E-state index contributed by atoms with van der Waals surface area (Å²) in [4.78, 5) is 46.9. The van der Waals surface area contributed by atoms with Gasteiger partial charge < -0.3 is 26.8 Å². The van der Waals surface area contributed by atoms with Crippen LogP contribution in [-0.2, 0) is 25.6 Å². The molecule has 0 aliphatic rings. The van der Waals surface area contributed by atoms with Gasteiger partial charge in [-0.2, -0.15) is 12.6 Å². The number of unbranched alkanes of at least 4 members (excludes halogenated alkanes) is 2. The molecular weight excluding hydrogens is 420 g/mol. The summed E-state index contributed by atoms with van der Waals surface area (Å²) < 4.78 is 0. The minimum atomic E-state index is -1.12. The molecule has 3 atom stereocenters. The van der Waals surface area contributed by atoms with Crippen molar-refractivity contribution in [3.63, 3.8) is 0 Å². The molecule has 3 amide bonds. The fourth-order valence-electron chi connectivity index (χ4n) is 2.75. The molecule has 1 rings (SSSR count). The number of nitrogens with one attached hydrogen (secondary N) is 3. The Morgan fingerprint density at radius 1 is 1.03 bits per heavy atom. The van der Waals surface area contributed by atoms with Crippen LogP contribution in [0.1, 0.15) is 38.2 Å². The lowest BCUT2D eigenvalue weighted by molar-refractivity contribution is -0.141. The molecule has 1 aromatic carbocycles. The van der Waals surface area contributed by atoms with E-state index in [9.17, 15) is 19.2 Å². The van der Waals surface area contributed by atoms with Crippen molar-refractivity contribution in [3.05, 3.63) is 35.9 Å². The van der Waals surface area contributed by atoms with Crippen LogP contribution in [0.2, 0.25) is 0 Å². The SMILES string of the molecule is C[C@H](NC(=O)[C@@H](N)Cc1ccccc1)C(=O)NCCCCCC(=O)N[C@@H](CS)C(=O)O. The molecule has 9 nitrogen and oxygen atoms in total. The Hall–Kier alpha value is -2.59. The normalized spacial score (nSPS) is 13.5. The van der Waals surface area contributed by atoms with Crippen molar-refractivity contribution in [1.82, 2.24) is 16.0 Å². The predicted octanol–water partition coefficient (Wildman–Crippen LogP) is 0.237. The van der Waals surface area contributed by atoms with E-state index < -0.39 is 30.0 Å². The summed E-state index contributed by atoms with van der Waals surface area (Å²) in [6, 6.07) is 6.95. The fourth-order valence-corrected chi connectivity index (χ4v) is 3.00. The van der Waals surface area contributed by atoms with Crippen molar-refractivity contribution < 1.29 is 24.3 Å². The topological polar surface area (TPSA) is 151 Å². The Labute approximate surface area is 187 Å². The molecule has 0 aromatic heterocycles. The van der Waals surface area contributed by atoms with Crippen LogP contribution in [-0.4, -0.2) is 59.2 Å². The van der Waals surface area contributed by atoms with Crippen LogP contribution >= 0.6 is 12.6 Å². The number of carboxylic acid groups (broad SMARTS) is 1. The summed E-state index contributed by atoms with van der Waals surface area (Å²) in [5.74, 6) is -2.13. The monoisotopic (exact) mass is 452 g/mol. The number of thiol groups is 1. The van der Waals surface area contributed by atoms with Crippen LogP contribution in [0.4, 0.5) is 0 Å². The van der Waals surface area contributed by atoms with Crippen LogP contribution in [0.3, 0.4) is 0 Å². The van der Waals surface area contributed by atoms with E-state index in [-0.39, 0.29) is 24.0 Å². The second-order valence-corrected chi connectivity index (χ2v) is 7.63. The van der Waals surface area contributed by atoms with Gasteiger partial charge in [-0.25, -0.2) is 4.79 Å². The Bertz CT molecular complexity index is 732. The summed E-state index contributed by atoms with van der Waals surface area (Å²) in [6.45, 7) is 2.00. The number of amides is 3. The van der Waals surface area contributed by atoms with Gasteiger partial charge in [0.25, 0.3) is 0 Å². The molecule has 0 aliphatic carbocycles. The first-order valence-corrected chi connectivity index (χ1v) is 10.9. The van der Waals surface area contributed by atoms with Crippen molar-refractivity contribution in [2.24, 2.45) is 5.73 Å². The first kappa shape index (κ1) is 26.4. The average molecular weight is 453 g/mol. The Balaban J connectivity index is 2.19. The number of hydrogen-bond donors (Lipinski definition) is 6. The summed E-state index contributed by atoms with van der Waals surface area (Å²) >= 11 is 3.89. The van der Waals surface area contributed by atoms with Crippen molar-refractivity contribution in [1.29, 1.82) is 0 Å². The van der Waals surface area contributed by atoms with Gasteiger partial charge in [0, 0.05) is 18.7 Å². The molecule has 0 heterocycles. The Morgan fingerprint density at radius 3 is 2.32 bits per heavy atom. The minimum absolute atomic E-state index is 0.0268. The lowest BCUT2D eigenvalue weighted by Gasteiger charge is -2.17. The molecule has 0 fully saturated rings. The van der Waals surface area contributed by atoms with Gasteiger partial charge in [-0.05, 0) is 31.7 Å². The quantitative estimate of drug-likeness (QED) is 0.176. The van der Waals surface area contributed by atoms with Gasteiger partial charge in [-0.1, -0.05) is 36.8 Å². The smallest absolute Gasteiger partial charge is 0.327 e. The van der Waals surface area contributed by atoms with E-state index in [4.69, 9.17) is 10.8 Å². The molecule has 0 bridgehead atoms. The zero-order valence-corrected chi connectivity index (χ0v) is 18.6. The molecule has 0 radical (unpaired) electrons. The zero-order chi connectivity index (χ0) is 23.2. The average Bonchev–Trinajstić information content (AvgIpc) is 2.74. The Morgan fingerprint density at radius 2 is 1.71 bits per heavy atom. The fraction of sp³-hybridized carbons (Fsp3) is 0.524. The maximum atomic E-state index is 12.2. The number of benzene rings is 1. The lowest BCUT2D eigenvalue weighted by atomic mass is 10.1. The number of rotatable bonds is 14. The van der Waals surface area contributed by atoms with E-state index in [2.05, 4.69) is 28.6 Å². The van der Waals surface area contributed by atoms with Gasteiger partial charge in [-0.15, -0.1) is 0 Å². The molecule has 0 aliphatic heterocycles. The van der Waals surface area contributed by atoms with Gasteiger partial charge in [-0.3, -0.25) is 14.4 Å². The van der Waals surface area contributed by atoms with E-state index in [1.165, 1.54) is 0 Å². The minimum Gasteiger partial charge on any atom is -0.480 e. The first-order valence-electron chi connectivity index (χ1n) is 10.2. The number of hydrogen-bond acceptors (Lipinski definition) is 6. The van der Waals surface area contributed by atoms with Crippen LogP contribution in [0.15, 0.2) is 30.3 Å². The third-order valence-electron chi connectivity index (χ3n) is 4.58. The van der Waals surface area contributed by atoms with Crippen molar-refractivity contribution >= 4 is 36.3 Å². The lowest BCUT2D eigenvalue weighted by Crippen LogP contribution is -2.50. The van der Waals surface area contributed by atoms with Crippen LogP contribution in [0.5, 0.6) is 0 Å². The van der Waals surface area contributed by atoms with Gasteiger partial charge in [0.2, 0.25) is 17.7 Å². The van der Waals surface area contributed by atoms with Gasteiger partial charge in [0.15, 0.2) is 0 Å². The number of nitrogens with two attached hydrogens (primary N) is 1. The van der Waals surface area contributed by atoms with Crippen LogP contribution in [0, 0.1) is 0 Å². The predicted molar refractivity (Wildman–Crippen MR) is 121 cm³/mol. The zero-order valence-electron chi connectivity index (χ0n) is 17.7. The highest BCUT2D eigenvalue weighted by Crippen LogP contribution is 2.03. The highest BCUT2D eigenvalue weighted by molar-refractivity contribution is 7.80.